The predicted molar refractivity (Wildman–Crippen MR) is 88.0 cm³/mol. The molecule has 0 aliphatic rings. The van der Waals surface area contributed by atoms with Crippen molar-refractivity contribution in [3.63, 3.8) is 0 Å². The minimum atomic E-state index is -0.830. The molecule has 2 rings (SSSR count). The fourth-order valence-electron chi connectivity index (χ4n) is 2.07. The molecule has 134 valence electrons. The average molecular weight is 347 g/mol. The third kappa shape index (κ3) is 7.03. The standard InChI is InChI=1S/C17H21N3O5/c1-12-19-16(25-20-12)9-8-15(21)18-11-13-4-6-14(7-5-13)24-10-2-3-17(22)23/h4-7H,2-3,8-11H2,1H3,(H,18,21)(H,22,23). The molecule has 2 aromatic rings. The highest BCUT2D eigenvalue weighted by Gasteiger charge is 2.07. The molecule has 0 unspecified atom stereocenters. The summed E-state index contributed by atoms with van der Waals surface area (Å²) >= 11 is 0. The van der Waals surface area contributed by atoms with Crippen molar-refractivity contribution in [2.24, 2.45) is 0 Å². The van der Waals surface area contributed by atoms with Crippen LogP contribution in [0.15, 0.2) is 28.8 Å². The lowest BCUT2D eigenvalue weighted by Gasteiger charge is -2.07. The summed E-state index contributed by atoms with van der Waals surface area (Å²) in [5.41, 5.74) is 0.944. The average Bonchev–Trinajstić information content (AvgIpc) is 3.01. The molecule has 1 amide bonds. The Labute approximate surface area is 145 Å². The molecule has 0 fully saturated rings. The van der Waals surface area contributed by atoms with E-state index in [1.807, 2.05) is 12.1 Å². The third-order valence-corrected chi connectivity index (χ3v) is 3.35. The van der Waals surface area contributed by atoms with Crippen LogP contribution in [0.3, 0.4) is 0 Å². The van der Waals surface area contributed by atoms with Gasteiger partial charge in [-0.05, 0) is 31.0 Å². The zero-order valence-corrected chi connectivity index (χ0v) is 14.0. The van der Waals surface area contributed by atoms with Gasteiger partial charge in [0, 0.05) is 25.8 Å². The number of carbonyl (C=O) groups excluding carboxylic acids is 1. The summed E-state index contributed by atoms with van der Waals surface area (Å²) in [5, 5.41) is 15.1. The maximum Gasteiger partial charge on any atom is 0.303 e. The SMILES string of the molecule is Cc1noc(CCC(=O)NCc2ccc(OCCCC(=O)O)cc2)n1. The van der Waals surface area contributed by atoms with Crippen LogP contribution in [0.5, 0.6) is 5.75 Å². The number of ether oxygens (including phenoxy) is 1. The van der Waals surface area contributed by atoms with E-state index in [0.29, 0.717) is 43.5 Å². The van der Waals surface area contributed by atoms with Crippen molar-refractivity contribution in [3.05, 3.63) is 41.5 Å². The van der Waals surface area contributed by atoms with Crippen molar-refractivity contribution < 1.29 is 24.0 Å². The van der Waals surface area contributed by atoms with Crippen LogP contribution in [0.1, 0.15) is 36.5 Å². The Hall–Kier alpha value is -2.90. The van der Waals surface area contributed by atoms with Crippen LogP contribution in [0.25, 0.3) is 0 Å². The molecule has 0 saturated heterocycles. The van der Waals surface area contributed by atoms with Crippen LogP contribution >= 0.6 is 0 Å². The summed E-state index contributed by atoms with van der Waals surface area (Å²) in [6, 6.07) is 7.30. The number of amides is 1. The van der Waals surface area contributed by atoms with Crippen LogP contribution in [-0.4, -0.2) is 33.7 Å². The van der Waals surface area contributed by atoms with Crippen molar-refractivity contribution in [3.8, 4) is 5.75 Å². The van der Waals surface area contributed by atoms with E-state index < -0.39 is 5.97 Å². The van der Waals surface area contributed by atoms with Gasteiger partial charge in [0.1, 0.15) is 5.75 Å². The highest BCUT2D eigenvalue weighted by molar-refractivity contribution is 5.76. The molecular weight excluding hydrogens is 326 g/mol. The summed E-state index contributed by atoms with van der Waals surface area (Å²) in [6.07, 6.45) is 1.25. The smallest absolute Gasteiger partial charge is 0.303 e. The number of nitrogens with zero attached hydrogens (tertiary/aromatic N) is 2. The van der Waals surface area contributed by atoms with E-state index in [9.17, 15) is 9.59 Å². The first-order valence-electron chi connectivity index (χ1n) is 8.02. The molecule has 25 heavy (non-hydrogen) atoms. The number of rotatable bonds is 10. The van der Waals surface area contributed by atoms with Gasteiger partial charge in [-0.2, -0.15) is 4.98 Å². The van der Waals surface area contributed by atoms with E-state index in [1.54, 1.807) is 19.1 Å². The topological polar surface area (TPSA) is 115 Å². The second kappa shape index (κ2) is 9.41. The van der Waals surface area contributed by atoms with E-state index in [0.717, 1.165) is 5.56 Å². The molecule has 1 aromatic heterocycles. The van der Waals surface area contributed by atoms with E-state index in [1.165, 1.54) is 0 Å². The molecule has 0 atom stereocenters. The summed E-state index contributed by atoms with van der Waals surface area (Å²) in [5.74, 6) is 0.763. The minimum Gasteiger partial charge on any atom is -0.494 e. The molecular formula is C17H21N3O5. The highest BCUT2D eigenvalue weighted by atomic mass is 16.5. The lowest BCUT2D eigenvalue weighted by molar-refractivity contribution is -0.137. The molecule has 0 bridgehead atoms. The molecule has 0 aliphatic carbocycles. The first kappa shape index (κ1) is 18.4. The Morgan fingerprint density at radius 2 is 2.00 bits per heavy atom. The van der Waals surface area contributed by atoms with Gasteiger partial charge in [-0.1, -0.05) is 17.3 Å². The van der Waals surface area contributed by atoms with Crippen LogP contribution in [0.4, 0.5) is 0 Å². The Kier molecular flexibility index (Phi) is 6.94. The fraction of sp³-hybridized carbons (Fsp3) is 0.412. The normalized spacial score (nSPS) is 10.4. The van der Waals surface area contributed by atoms with E-state index >= 15 is 0 Å². The second-order valence-corrected chi connectivity index (χ2v) is 5.50. The van der Waals surface area contributed by atoms with Crippen molar-refractivity contribution >= 4 is 11.9 Å². The van der Waals surface area contributed by atoms with Gasteiger partial charge < -0.3 is 19.7 Å². The van der Waals surface area contributed by atoms with Gasteiger partial charge in [-0.15, -0.1) is 0 Å². The Bertz CT molecular complexity index is 697. The Morgan fingerprint density at radius 3 is 2.64 bits per heavy atom. The van der Waals surface area contributed by atoms with Gasteiger partial charge in [0.25, 0.3) is 0 Å². The lowest BCUT2D eigenvalue weighted by Crippen LogP contribution is -2.23. The molecule has 0 radical (unpaired) electrons. The summed E-state index contributed by atoms with van der Waals surface area (Å²) < 4.78 is 10.4. The highest BCUT2D eigenvalue weighted by Crippen LogP contribution is 2.12. The number of benzene rings is 1. The van der Waals surface area contributed by atoms with E-state index in [2.05, 4.69) is 15.5 Å². The number of aromatic nitrogens is 2. The maximum absolute atomic E-state index is 11.8. The van der Waals surface area contributed by atoms with E-state index in [4.69, 9.17) is 14.4 Å². The van der Waals surface area contributed by atoms with Crippen LogP contribution in [0.2, 0.25) is 0 Å². The van der Waals surface area contributed by atoms with Gasteiger partial charge in [0.15, 0.2) is 5.82 Å². The zero-order valence-electron chi connectivity index (χ0n) is 14.0. The number of hydrogen-bond donors (Lipinski definition) is 2. The van der Waals surface area contributed by atoms with Gasteiger partial charge in [-0.25, -0.2) is 0 Å². The number of nitrogens with one attached hydrogen (secondary N) is 1. The summed E-state index contributed by atoms with van der Waals surface area (Å²) in [6.45, 7) is 2.51. The first-order chi connectivity index (χ1) is 12.0. The maximum atomic E-state index is 11.8. The molecule has 0 aliphatic heterocycles. The van der Waals surface area contributed by atoms with Crippen molar-refractivity contribution in [2.45, 2.75) is 39.2 Å². The minimum absolute atomic E-state index is 0.0905. The number of aryl methyl sites for hydroxylation is 2. The zero-order chi connectivity index (χ0) is 18.1. The van der Waals surface area contributed by atoms with Crippen molar-refractivity contribution in [1.82, 2.24) is 15.5 Å². The molecule has 2 N–H and O–H groups in total. The number of carboxylic acids is 1. The predicted octanol–water partition coefficient (Wildman–Crippen LogP) is 1.87. The van der Waals surface area contributed by atoms with E-state index in [-0.39, 0.29) is 18.7 Å². The second-order valence-electron chi connectivity index (χ2n) is 5.50. The molecule has 8 nitrogen and oxygen atoms in total. The quantitative estimate of drug-likeness (QED) is 0.630. The number of carbonyl (C=O) groups is 2. The molecule has 1 heterocycles. The van der Waals surface area contributed by atoms with Gasteiger partial charge in [-0.3, -0.25) is 9.59 Å². The Morgan fingerprint density at radius 1 is 1.24 bits per heavy atom. The number of hydrogen-bond acceptors (Lipinski definition) is 6. The number of aliphatic carboxylic acids is 1. The van der Waals surface area contributed by atoms with Crippen LogP contribution in [0, 0.1) is 6.92 Å². The van der Waals surface area contributed by atoms with Crippen molar-refractivity contribution in [2.75, 3.05) is 6.61 Å². The lowest BCUT2D eigenvalue weighted by atomic mass is 10.2. The molecule has 1 aromatic carbocycles. The van der Waals surface area contributed by atoms with Crippen LogP contribution in [-0.2, 0) is 22.6 Å². The third-order valence-electron chi connectivity index (χ3n) is 3.35. The molecule has 0 saturated carbocycles. The fourth-order valence-corrected chi connectivity index (χ4v) is 2.07. The van der Waals surface area contributed by atoms with Gasteiger partial charge in [0.05, 0.1) is 6.61 Å². The van der Waals surface area contributed by atoms with Gasteiger partial charge in [0.2, 0.25) is 11.8 Å². The summed E-state index contributed by atoms with van der Waals surface area (Å²) in [4.78, 5) is 26.3. The Balaban J connectivity index is 1.66. The number of carboxylic acid groups (broad SMARTS) is 1. The van der Waals surface area contributed by atoms with Crippen LogP contribution < -0.4 is 10.1 Å². The first-order valence-corrected chi connectivity index (χ1v) is 8.02. The van der Waals surface area contributed by atoms with Crippen molar-refractivity contribution in [1.29, 1.82) is 0 Å². The molecule has 0 spiro atoms. The largest absolute Gasteiger partial charge is 0.494 e. The van der Waals surface area contributed by atoms with Gasteiger partial charge >= 0.3 is 5.97 Å². The monoisotopic (exact) mass is 347 g/mol. The molecule has 8 heteroatoms. The summed E-state index contributed by atoms with van der Waals surface area (Å²) in [7, 11) is 0.